The Morgan fingerprint density at radius 3 is 2.93 bits per heavy atom. The highest BCUT2D eigenvalue weighted by Gasteiger charge is 2.06. The average molecular weight is 206 g/mol. The lowest BCUT2D eigenvalue weighted by molar-refractivity contribution is -0.121. The van der Waals surface area contributed by atoms with Crippen LogP contribution in [0.2, 0.25) is 0 Å². The van der Waals surface area contributed by atoms with E-state index in [1.54, 1.807) is 10.9 Å². The summed E-state index contributed by atoms with van der Waals surface area (Å²) < 4.78 is 1.79. The van der Waals surface area contributed by atoms with E-state index in [4.69, 9.17) is 5.26 Å². The van der Waals surface area contributed by atoms with Crippen molar-refractivity contribution in [3.8, 4) is 6.07 Å². The van der Waals surface area contributed by atoms with Crippen molar-refractivity contribution in [1.82, 2.24) is 14.9 Å². The van der Waals surface area contributed by atoms with Gasteiger partial charge in [-0.1, -0.05) is 0 Å². The van der Waals surface area contributed by atoms with Crippen LogP contribution >= 0.6 is 0 Å². The van der Waals surface area contributed by atoms with Gasteiger partial charge >= 0.3 is 0 Å². The highest BCUT2D eigenvalue weighted by atomic mass is 16.1. The van der Waals surface area contributed by atoms with Gasteiger partial charge in [0.15, 0.2) is 0 Å². The summed E-state index contributed by atoms with van der Waals surface area (Å²) in [6, 6.07) is 1.97. The lowest BCUT2D eigenvalue weighted by Crippen LogP contribution is -2.28. The minimum absolute atomic E-state index is 0.0919. The first-order valence-electron chi connectivity index (χ1n) is 4.77. The molecule has 5 heteroatoms. The van der Waals surface area contributed by atoms with Gasteiger partial charge < -0.3 is 9.88 Å². The summed E-state index contributed by atoms with van der Waals surface area (Å²) in [5, 5.41) is 11.0. The molecule has 0 aliphatic rings. The van der Waals surface area contributed by atoms with Crippen molar-refractivity contribution < 1.29 is 4.79 Å². The molecular weight excluding hydrogens is 192 g/mol. The normalized spacial score (nSPS) is 9.67. The molecule has 0 aliphatic heterocycles. The van der Waals surface area contributed by atoms with E-state index in [0.717, 1.165) is 11.4 Å². The number of carbonyl (C=O) groups excluding carboxylic acids is 1. The Hall–Kier alpha value is -1.83. The van der Waals surface area contributed by atoms with Crippen LogP contribution in [0.3, 0.4) is 0 Å². The number of carbonyl (C=O) groups is 1. The van der Waals surface area contributed by atoms with Gasteiger partial charge in [-0.25, -0.2) is 4.98 Å². The molecule has 1 N–H and O–H groups in total. The molecule has 80 valence electrons. The molecule has 0 bridgehead atoms. The highest BCUT2D eigenvalue weighted by molar-refractivity contribution is 5.75. The van der Waals surface area contributed by atoms with E-state index in [-0.39, 0.29) is 12.5 Å². The van der Waals surface area contributed by atoms with E-state index in [2.05, 4.69) is 10.3 Å². The maximum atomic E-state index is 11.4. The van der Waals surface area contributed by atoms with Gasteiger partial charge in [-0.3, -0.25) is 4.79 Å². The van der Waals surface area contributed by atoms with Gasteiger partial charge in [0.25, 0.3) is 0 Å². The monoisotopic (exact) mass is 206 g/mol. The van der Waals surface area contributed by atoms with Gasteiger partial charge in [0.05, 0.1) is 24.5 Å². The number of nitrogens with one attached hydrogen (secondary N) is 1. The molecule has 0 spiro atoms. The van der Waals surface area contributed by atoms with Crippen molar-refractivity contribution in [2.45, 2.75) is 26.8 Å². The number of nitriles is 1. The Morgan fingerprint density at radius 2 is 2.40 bits per heavy atom. The summed E-state index contributed by atoms with van der Waals surface area (Å²) in [6.45, 7) is 4.49. The maximum Gasteiger partial charge on any atom is 0.240 e. The Morgan fingerprint density at radius 1 is 1.67 bits per heavy atom. The molecule has 1 rings (SSSR count). The molecule has 1 heterocycles. The number of amides is 1. The van der Waals surface area contributed by atoms with E-state index in [1.807, 2.05) is 19.9 Å². The van der Waals surface area contributed by atoms with E-state index < -0.39 is 0 Å². The largest absolute Gasteiger partial charge is 0.354 e. The third-order valence-electron chi connectivity index (χ3n) is 2.22. The van der Waals surface area contributed by atoms with Gasteiger partial charge in [-0.05, 0) is 13.8 Å². The second-order valence-corrected chi connectivity index (χ2v) is 3.30. The predicted octanol–water partition coefficient (Wildman–Crippen LogP) is 0.530. The van der Waals surface area contributed by atoms with Crippen LogP contribution in [0, 0.1) is 25.2 Å². The molecule has 1 aromatic heterocycles. The van der Waals surface area contributed by atoms with E-state index >= 15 is 0 Å². The average Bonchev–Trinajstić information content (AvgIpc) is 2.50. The van der Waals surface area contributed by atoms with Crippen molar-refractivity contribution in [2.75, 3.05) is 6.54 Å². The van der Waals surface area contributed by atoms with Crippen LogP contribution in [0.1, 0.15) is 17.8 Å². The quantitative estimate of drug-likeness (QED) is 0.730. The van der Waals surface area contributed by atoms with Crippen molar-refractivity contribution in [3.05, 3.63) is 17.7 Å². The SMILES string of the molecule is Cc1ncn(CC(=O)NCCC#N)c1C. The molecular formula is C10H14N4O. The van der Waals surface area contributed by atoms with Gasteiger partial charge in [0.1, 0.15) is 6.54 Å². The third kappa shape index (κ3) is 3.09. The van der Waals surface area contributed by atoms with E-state index in [9.17, 15) is 4.79 Å². The molecule has 1 aromatic rings. The molecule has 0 aliphatic carbocycles. The Labute approximate surface area is 88.7 Å². The van der Waals surface area contributed by atoms with Crippen LogP contribution < -0.4 is 5.32 Å². The fourth-order valence-electron chi connectivity index (χ4n) is 1.17. The first kappa shape index (κ1) is 11.2. The van der Waals surface area contributed by atoms with Crippen LogP contribution in [0.25, 0.3) is 0 Å². The molecule has 0 atom stereocenters. The second kappa shape index (κ2) is 5.15. The number of nitrogens with zero attached hydrogens (tertiary/aromatic N) is 3. The molecule has 1 amide bonds. The minimum Gasteiger partial charge on any atom is -0.354 e. The van der Waals surface area contributed by atoms with Gasteiger partial charge in [-0.15, -0.1) is 0 Å². The van der Waals surface area contributed by atoms with Crippen LogP contribution in [0.4, 0.5) is 0 Å². The smallest absolute Gasteiger partial charge is 0.240 e. The molecule has 0 radical (unpaired) electrons. The minimum atomic E-state index is -0.0919. The van der Waals surface area contributed by atoms with Crippen LogP contribution in [0.15, 0.2) is 6.33 Å². The van der Waals surface area contributed by atoms with Gasteiger partial charge in [-0.2, -0.15) is 5.26 Å². The molecule has 15 heavy (non-hydrogen) atoms. The zero-order valence-corrected chi connectivity index (χ0v) is 8.95. The van der Waals surface area contributed by atoms with Crippen molar-refractivity contribution >= 4 is 5.91 Å². The first-order valence-corrected chi connectivity index (χ1v) is 4.77. The highest BCUT2D eigenvalue weighted by Crippen LogP contribution is 2.03. The fraction of sp³-hybridized carbons (Fsp3) is 0.500. The summed E-state index contributed by atoms with van der Waals surface area (Å²) in [5.41, 5.74) is 1.92. The zero-order chi connectivity index (χ0) is 11.3. The fourth-order valence-corrected chi connectivity index (χ4v) is 1.17. The zero-order valence-electron chi connectivity index (χ0n) is 8.95. The first-order chi connectivity index (χ1) is 7.15. The topological polar surface area (TPSA) is 70.7 Å². The number of rotatable bonds is 4. The summed E-state index contributed by atoms with van der Waals surface area (Å²) in [5.74, 6) is -0.0919. The van der Waals surface area contributed by atoms with Crippen LogP contribution in [-0.4, -0.2) is 22.0 Å². The van der Waals surface area contributed by atoms with Crippen LogP contribution in [0.5, 0.6) is 0 Å². The van der Waals surface area contributed by atoms with Crippen LogP contribution in [-0.2, 0) is 11.3 Å². The Bertz CT molecular complexity index is 389. The summed E-state index contributed by atoms with van der Waals surface area (Å²) in [4.78, 5) is 15.5. The van der Waals surface area contributed by atoms with Crippen molar-refractivity contribution in [1.29, 1.82) is 5.26 Å². The molecule has 0 saturated carbocycles. The lowest BCUT2D eigenvalue weighted by Gasteiger charge is -2.05. The van der Waals surface area contributed by atoms with Gasteiger partial charge in [0, 0.05) is 12.2 Å². The Balaban J connectivity index is 2.45. The molecule has 0 aromatic carbocycles. The molecule has 5 nitrogen and oxygen atoms in total. The van der Waals surface area contributed by atoms with E-state index in [0.29, 0.717) is 13.0 Å². The van der Waals surface area contributed by atoms with Crippen molar-refractivity contribution in [2.24, 2.45) is 0 Å². The standard InChI is InChI=1S/C10H14N4O/c1-8-9(2)14(7-13-8)6-10(15)12-5-3-4-11/h7H,3,5-6H2,1-2H3,(H,12,15). The van der Waals surface area contributed by atoms with Gasteiger partial charge in [0.2, 0.25) is 5.91 Å². The maximum absolute atomic E-state index is 11.4. The molecule has 0 fully saturated rings. The summed E-state index contributed by atoms with van der Waals surface area (Å²) in [6.07, 6.45) is 1.99. The number of imidazole rings is 1. The number of aromatic nitrogens is 2. The second-order valence-electron chi connectivity index (χ2n) is 3.30. The third-order valence-corrected chi connectivity index (χ3v) is 2.22. The summed E-state index contributed by atoms with van der Waals surface area (Å²) >= 11 is 0. The Kier molecular flexibility index (Phi) is 3.86. The number of aryl methyl sites for hydroxylation is 1. The summed E-state index contributed by atoms with van der Waals surface area (Å²) in [7, 11) is 0. The molecule has 0 unspecified atom stereocenters. The van der Waals surface area contributed by atoms with E-state index in [1.165, 1.54) is 0 Å². The lowest BCUT2D eigenvalue weighted by atomic mass is 10.4. The van der Waals surface area contributed by atoms with Crippen molar-refractivity contribution in [3.63, 3.8) is 0 Å². The molecule has 0 saturated heterocycles. The predicted molar refractivity (Wildman–Crippen MR) is 54.9 cm³/mol. The number of hydrogen-bond donors (Lipinski definition) is 1. The number of hydrogen-bond acceptors (Lipinski definition) is 3.